The number of hydrogen-bond donors (Lipinski definition) is 1. The van der Waals surface area contributed by atoms with Crippen LogP contribution in [0.25, 0.3) is 0 Å². The molecule has 0 fully saturated rings. The molecular weight excluding hydrogens is 91.0 g/mol. The quantitative estimate of drug-likeness (QED) is 0.426. The molecule has 0 aromatic carbocycles. The Morgan fingerprint density at radius 1 is 1.40 bits per heavy atom. The van der Waals surface area contributed by atoms with Gasteiger partial charge in [-0.2, -0.15) is 0 Å². The van der Waals surface area contributed by atoms with E-state index in [0.717, 1.165) is 0 Å². The van der Waals surface area contributed by atoms with Crippen LogP contribution in [-0.2, 0) is 11.5 Å². The molecule has 1 radical (unpaired) electrons. The van der Waals surface area contributed by atoms with Crippen molar-refractivity contribution in [1.29, 1.82) is 4.78 Å². The minimum Gasteiger partial charge on any atom is -0.222 e. The van der Waals surface area contributed by atoms with E-state index in [1.165, 1.54) is 0 Å². The van der Waals surface area contributed by atoms with Gasteiger partial charge in [-0.25, -0.2) is 4.78 Å². The molecule has 0 aromatic rings. The van der Waals surface area contributed by atoms with Crippen LogP contribution in [0, 0.1) is 4.78 Å². The first-order valence-corrected chi connectivity index (χ1v) is 1.54. The average Bonchev–Trinajstić information content (AvgIpc) is 0.811. The van der Waals surface area contributed by atoms with Crippen molar-refractivity contribution in [3.05, 3.63) is 0 Å². The fraction of sp³-hybridized carbons (Fsp3) is 0. The van der Waals surface area contributed by atoms with Gasteiger partial charge in [-0.1, -0.05) is 0 Å². The van der Waals surface area contributed by atoms with Gasteiger partial charge in [-0.3, -0.25) is 0 Å². The van der Waals surface area contributed by atoms with Crippen LogP contribution in [0.1, 0.15) is 0 Å². The van der Waals surface area contributed by atoms with Crippen molar-refractivity contribution >= 4 is 30.3 Å². The second-order valence-electron chi connectivity index (χ2n) is 0.213. The molecule has 1 nitrogen and oxygen atoms in total. The maximum absolute atomic E-state index is 10.0. The molecule has 0 aromatic heterocycles. The summed E-state index contributed by atoms with van der Waals surface area (Å²) in [7, 11) is 0. The second kappa shape index (κ2) is 4.61. The molecule has 1 N–H and O–H groups in total. The molecule has 0 heterocycles. The summed E-state index contributed by atoms with van der Waals surface area (Å²) in [6.45, 7) is 0. The first-order valence-electron chi connectivity index (χ1n) is 0.513. The zero-order chi connectivity index (χ0) is 3.58. The topological polar surface area (TPSA) is 23.9 Å². The van der Waals surface area contributed by atoms with Crippen LogP contribution >= 0.6 is 0 Å². The molecule has 0 spiro atoms. The summed E-state index contributed by atoms with van der Waals surface area (Å²) in [4.78, 5) is 0. The van der Waals surface area contributed by atoms with E-state index in [2.05, 4.69) is 0 Å². The van der Waals surface area contributed by atoms with Gasteiger partial charge in [0.1, 0.15) is 0 Å². The van der Waals surface area contributed by atoms with Crippen molar-refractivity contribution in [2.24, 2.45) is 0 Å². The van der Waals surface area contributed by atoms with Crippen molar-refractivity contribution < 1.29 is 7.77 Å². The molecule has 0 unspecified atom stereocenters. The van der Waals surface area contributed by atoms with Gasteiger partial charge in [0, 0.05) is 18.9 Å². The zero-order valence-corrected chi connectivity index (χ0v) is 3.48. The predicted octanol–water partition coefficient (Wildman–Crippen LogP) is 0.755. The van der Waals surface area contributed by atoms with Gasteiger partial charge in [0.2, 0.25) is 0 Å². The molecule has 0 saturated carbocycles. The monoisotopic (exact) mass is 92.0 g/mol. The van der Waals surface area contributed by atoms with Gasteiger partial charge in [0.25, 0.3) is 11.5 Å². The van der Waals surface area contributed by atoms with Gasteiger partial charge < -0.3 is 0 Å². The number of hydrogen-bond acceptors (Lipinski definition) is 1. The van der Waals surface area contributed by atoms with E-state index in [-0.39, 0.29) is 18.9 Å². The van der Waals surface area contributed by atoms with E-state index < -0.39 is 11.5 Å². The summed E-state index contributed by atoms with van der Waals surface area (Å²) in [6.07, 6.45) is 0. The summed E-state index contributed by atoms with van der Waals surface area (Å²) in [6, 6.07) is 0. The fourth-order valence-corrected chi connectivity index (χ4v) is 0. The number of halogens is 2. The van der Waals surface area contributed by atoms with E-state index >= 15 is 0 Å². The molecule has 5 heavy (non-hydrogen) atoms. The maximum atomic E-state index is 10.0. The molecule has 0 aliphatic rings. The molecule has 0 aliphatic carbocycles. The number of rotatable bonds is 0. The maximum Gasteiger partial charge on any atom is 0.258 e. The Morgan fingerprint density at radius 3 is 1.40 bits per heavy atom. The first kappa shape index (κ1) is 9.15. The van der Waals surface area contributed by atoms with Crippen molar-refractivity contribution in [3.8, 4) is 0 Å². The second-order valence-corrected chi connectivity index (χ2v) is 0.638. The largest absolute Gasteiger partial charge is 0.258 e. The minimum absolute atomic E-state index is 0. The van der Waals surface area contributed by atoms with Gasteiger partial charge in [-0.05, 0) is 0 Å². The Hall–Kier alpha value is 0.607. The molecule has 0 bridgehead atoms. The van der Waals surface area contributed by atoms with Gasteiger partial charge in [-0.15, -0.1) is 7.77 Å². The van der Waals surface area contributed by atoms with Crippen molar-refractivity contribution in [2.45, 2.75) is 0 Å². The molecule has 0 atom stereocenters. The summed E-state index contributed by atoms with van der Waals surface area (Å²) in [5.41, 5.74) is 0. The van der Waals surface area contributed by atoms with Crippen LogP contribution in [0.15, 0.2) is 0 Å². The molecule has 0 saturated heterocycles. The predicted molar refractivity (Wildman–Crippen MR) is 18.1 cm³/mol. The van der Waals surface area contributed by atoms with Gasteiger partial charge in [0.05, 0.1) is 0 Å². The van der Waals surface area contributed by atoms with Crippen molar-refractivity contribution in [2.75, 3.05) is 0 Å². The third-order valence-electron chi connectivity index (χ3n) is 0. The minimum atomic E-state index is -3.11. The normalized spacial score (nSPS) is 7.00. The third-order valence-corrected chi connectivity index (χ3v) is 0. The smallest absolute Gasteiger partial charge is 0.222 e. The summed E-state index contributed by atoms with van der Waals surface area (Å²) in [5, 5.41) is 0. The molecule has 0 rings (SSSR count). The zero-order valence-electron chi connectivity index (χ0n) is 2.66. The third kappa shape index (κ3) is 84.9. The summed E-state index contributed by atoms with van der Waals surface area (Å²) in [5.74, 6) is 0. The van der Waals surface area contributed by atoms with Crippen LogP contribution in [-0.4, -0.2) is 18.9 Å². The van der Waals surface area contributed by atoms with Crippen molar-refractivity contribution in [3.63, 3.8) is 0 Å². The van der Waals surface area contributed by atoms with Crippen LogP contribution in [0.4, 0.5) is 7.77 Å². The SMILES string of the molecule is N=S(F)F.[Li]. The molecule has 5 heteroatoms. The van der Waals surface area contributed by atoms with Crippen LogP contribution in [0.3, 0.4) is 0 Å². The standard InChI is InChI=1S/F2HNS.Li/c1-4(2)3;/h3H;. The van der Waals surface area contributed by atoms with E-state index in [9.17, 15) is 7.77 Å². The average molecular weight is 92.0 g/mol. The van der Waals surface area contributed by atoms with Crippen molar-refractivity contribution in [1.82, 2.24) is 0 Å². The summed E-state index contributed by atoms with van der Waals surface area (Å²) < 4.78 is 25.3. The van der Waals surface area contributed by atoms with E-state index in [4.69, 9.17) is 4.78 Å². The van der Waals surface area contributed by atoms with E-state index in [1.807, 2.05) is 0 Å². The Bertz CT molecular complexity index is 32.6. The number of nitrogens with one attached hydrogen (secondary N) is 1. The molecular formula is HF2LiNS. The fourth-order valence-electron chi connectivity index (χ4n) is 0. The Balaban J connectivity index is 0. The first-order chi connectivity index (χ1) is 1.73. The Kier molecular flexibility index (Phi) is 8.43. The van der Waals surface area contributed by atoms with Crippen LogP contribution in [0.5, 0.6) is 0 Å². The molecule has 0 amide bonds. The van der Waals surface area contributed by atoms with E-state index in [1.54, 1.807) is 0 Å². The molecule has 0 aliphatic heterocycles. The van der Waals surface area contributed by atoms with Gasteiger partial charge >= 0.3 is 0 Å². The summed E-state index contributed by atoms with van der Waals surface area (Å²) >= 11 is -3.11. The van der Waals surface area contributed by atoms with Gasteiger partial charge in [0.15, 0.2) is 0 Å². The Morgan fingerprint density at radius 2 is 1.40 bits per heavy atom. The van der Waals surface area contributed by atoms with E-state index in [0.29, 0.717) is 0 Å². The molecule has 27 valence electrons. The van der Waals surface area contributed by atoms with Crippen LogP contribution < -0.4 is 0 Å². The Labute approximate surface area is 43.4 Å². The van der Waals surface area contributed by atoms with Crippen LogP contribution in [0.2, 0.25) is 0 Å².